The van der Waals surface area contributed by atoms with E-state index in [0.29, 0.717) is 22.7 Å². The number of hydrogen-bond donors (Lipinski definition) is 1. The first-order valence-electron chi connectivity index (χ1n) is 4.67. The molecule has 0 unspecified atom stereocenters. The summed E-state index contributed by atoms with van der Waals surface area (Å²) in [6.07, 6.45) is 1.27. The monoisotopic (exact) mass is 222 g/mol. The van der Waals surface area contributed by atoms with Crippen LogP contribution in [0.4, 0.5) is 5.69 Å². The van der Waals surface area contributed by atoms with E-state index in [1.54, 1.807) is 18.2 Å². The Kier molecular flexibility index (Phi) is 4.14. The summed E-state index contributed by atoms with van der Waals surface area (Å²) in [7, 11) is 0. The van der Waals surface area contributed by atoms with Crippen molar-refractivity contribution in [3.8, 4) is 6.07 Å². The first-order chi connectivity index (χ1) is 7.17. The van der Waals surface area contributed by atoms with Crippen LogP contribution in [-0.4, -0.2) is 5.91 Å². The van der Waals surface area contributed by atoms with Gasteiger partial charge in [-0.05, 0) is 24.6 Å². The first kappa shape index (κ1) is 11.5. The van der Waals surface area contributed by atoms with Gasteiger partial charge in [-0.2, -0.15) is 5.26 Å². The van der Waals surface area contributed by atoms with Crippen LogP contribution in [0, 0.1) is 11.3 Å². The molecule has 1 aromatic carbocycles. The second-order valence-electron chi connectivity index (χ2n) is 3.10. The maximum absolute atomic E-state index is 11.3. The fourth-order valence-electron chi connectivity index (χ4n) is 1.14. The standard InChI is InChI=1S/C11H11ClN2O/c1-2-3-11(15)14-9-4-5-10(12)8(6-9)7-13/h4-6H,2-3H2,1H3,(H,14,15). The van der Waals surface area contributed by atoms with Gasteiger partial charge in [0.1, 0.15) is 6.07 Å². The molecule has 0 aliphatic rings. The van der Waals surface area contributed by atoms with Crippen molar-refractivity contribution >= 4 is 23.2 Å². The molecule has 0 aliphatic heterocycles. The number of halogens is 1. The van der Waals surface area contributed by atoms with Crippen LogP contribution in [0.2, 0.25) is 5.02 Å². The molecule has 0 aliphatic carbocycles. The van der Waals surface area contributed by atoms with Gasteiger partial charge in [0.05, 0.1) is 10.6 Å². The zero-order valence-corrected chi connectivity index (χ0v) is 9.14. The smallest absolute Gasteiger partial charge is 0.224 e. The van der Waals surface area contributed by atoms with Crippen molar-refractivity contribution in [3.63, 3.8) is 0 Å². The van der Waals surface area contributed by atoms with Crippen LogP contribution in [0.1, 0.15) is 25.3 Å². The van der Waals surface area contributed by atoms with Crippen molar-refractivity contribution in [3.05, 3.63) is 28.8 Å². The van der Waals surface area contributed by atoms with E-state index in [-0.39, 0.29) is 5.91 Å². The molecule has 0 fully saturated rings. The van der Waals surface area contributed by atoms with Crippen LogP contribution in [0.25, 0.3) is 0 Å². The van der Waals surface area contributed by atoms with Gasteiger partial charge in [0.25, 0.3) is 0 Å². The van der Waals surface area contributed by atoms with E-state index in [4.69, 9.17) is 16.9 Å². The molecule has 1 aromatic rings. The first-order valence-corrected chi connectivity index (χ1v) is 5.04. The molecule has 0 heterocycles. The van der Waals surface area contributed by atoms with E-state index in [9.17, 15) is 4.79 Å². The highest BCUT2D eigenvalue weighted by molar-refractivity contribution is 6.31. The number of anilines is 1. The van der Waals surface area contributed by atoms with Gasteiger partial charge in [-0.1, -0.05) is 18.5 Å². The van der Waals surface area contributed by atoms with Crippen molar-refractivity contribution in [2.75, 3.05) is 5.32 Å². The Labute approximate surface area is 93.7 Å². The van der Waals surface area contributed by atoms with Crippen LogP contribution in [0.15, 0.2) is 18.2 Å². The minimum atomic E-state index is -0.0521. The van der Waals surface area contributed by atoms with Crippen molar-refractivity contribution in [1.29, 1.82) is 5.26 Å². The van der Waals surface area contributed by atoms with Crippen LogP contribution in [0.5, 0.6) is 0 Å². The van der Waals surface area contributed by atoms with Gasteiger partial charge >= 0.3 is 0 Å². The predicted octanol–water partition coefficient (Wildman–Crippen LogP) is 2.95. The van der Waals surface area contributed by atoms with Crippen molar-refractivity contribution in [2.45, 2.75) is 19.8 Å². The van der Waals surface area contributed by atoms with Crippen LogP contribution >= 0.6 is 11.6 Å². The summed E-state index contributed by atoms with van der Waals surface area (Å²) in [5.74, 6) is -0.0521. The quantitative estimate of drug-likeness (QED) is 0.855. The lowest BCUT2D eigenvalue weighted by Crippen LogP contribution is -2.10. The molecule has 4 heteroatoms. The molecule has 0 radical (unpaired) electrons. The van der Waals surface area contributed by atoms with Gasteiger partial charge in [-0.15, -0.1) is 0 Å². The number of nitrogens with zero attached hydrogens (tertiary/aromatic N) is 1. The largest absolute Gasteiger partial charge is 0.326 e. The fraction of sp³-hybridized carbons (Fsp3) is 0.273. The summed E-state index contributed by atoms with van der Waals surface area (Å²) in [4.78, 5) is 11.3. The van der Waals surface area contributed by atoms with E-state index < -0.39 is 0 Å². The Hall–Kier alpha value is -1.53. The SMILES string of the molecule is CCCC(=O)Nc1ccc(Cl)c(C#N)c1. The molecule has 1 amide bonds. The third-order valence-corrected chi connectivity index (χ3v) is 2.18. The Bertz CT molecular complexity index is 410. The second-order valence-corrected chi connectivity index (χ2v) is 3.51. The summed E-state index contributed by atoms with van der Waals surface area (Å²) < 4.78 is 0. The van der Waals surface area contributed by atoms with Crippen molar-refractivity contribution in [2.24, 2.45) is 0 Å². The Morgan fingerprint density at radius 2 is 2.33 bits per heavy atom. The predicted molar refractivity (Wildman–Crippen MR) is 59.7 cm³/mol. The molecule has 0 saturated carbocycles. The molecule has 0 bridgehead atoms. The number of hydrogen-bond acceptors (Lipinski definition) is 2. The van der Waals surface area contributed by atoms with Gasteiger partial charge in [0, 0.05) is 12.1 Å². The zero-order valence-electron chi connectivity index (χ0n) is 8.38. The van der Waals surface area contributed by atoms with E-state index in [1.165, 1.54) is 0 Å². The van der Waals surface area contributed by atoms with Gasteiger partial charge in [0.15, 0.2) is 0 Å². The molecular formula is C11H11ClN2O. The average molecular weight is 223 g/mol. The minimum absolute atomic E-state index is 0.0521. The molecule has 1 rings (SSSR count). The van der Waals surface area contributed by atoms with Crippen molar-refractivity contribution < 1.29 is 4.79 Å². The Balaban J connectivity index is 2.80. The topological polar surface area (TPSA) is 52.9 Å². The Morgan fingerprint density at radius 1 is 1.60 bits per heavy atom. The fourth-order valence-corrected chi connectivity index (χ4v) is 1.30. The molecule has 78 valence electrons. The number of benzene rings is 1. The molecule has 0 aromatic heterocycles. The van der Waals surface area contributed by atoms with E-state index in [0.717, 1.165) is 6.42 Å². The highest BCUT2D eigenvalue weighted by Gasteiger charge is 2.04. The average Bonchev–Trinajstić information content (AvgIpc) is 2.21. The molecule has 0 spiro atoms. The van der Waals surface area contributed by atoms with Gasteiger partial charge in [-0.3, -0.25) is 4.79 Å². The number of amides is 1. The highest BCUT2D eigenvalue weighted by atomic mass is 35.5. The van der Waals surface area contributed by atoms with Gasteiger partial charge in [-0.25, -0.2) is 0 Å². The molecule has 0 saturated heterocycles. The van der Waals surface area contributed by atoms with E-state index in [1.807, 2.05) is 13.0 Å². The second kappa shape index (κ2) is 5.38. The van der Waals surface area contributed by atoms with E-state index >= 15 is 0 Å². The minimum Gasteiger partial charge on any atom is -0.326 e. The maximum atomic E-state index is 11.3. The number of carbonyl (C=O) groups excluding carboxylic acids is 1. The number of nitriles is 1. The lowest BCUT2D eigenvalue weighted by Gasteiger charge is -2.04. The van der Waals surface area contributed by atoms with Crippen molar-refractivity contribution in [1.82, 2.24) is 0 Å². The summed E-state index contributed by atoms with van der Waals surface area (Å²) in [6, 6.07) is 6.80. The summed E-state index contributed by atoms with van der Waals surface area (Å²) in [5.41, 5.74) is 0.973. The summed E-state index contributed by atoms with van der Waals surface area (Å²) >= 11 is 5.76. The van der Waals surface area contributed by atoms with Crippen LogP contribution < -0.4 is 5.32 Å². The van der Waals surface area contributed by atoms with Gasteiger partial charge < -0.3 is 5.32 Å². The van der Waals surface area contributed by atoms with E-state index in [2.05, 4.69) is 5.32 Å². The van der Waals surface area contributed by atoms with Gasteiger partial charge in [0.2, 0.25) is 5.91 Å². The van der Waals surface area contributed by atoms with Crippen LogP contribution in [0.3, 0.4) is 0 Å². The zero-order chi connectivity index (χ0) is 11.3. The third kappa shape index (κ3) is 3.26. The molecular weight excluding hydrogens is 212 g/mol. The molecule has 15 heavy (non-hydrogen) atoms. The van der Waals surface area contributed by atoms with Crippen LogP contribution in [-0.2, 0) is 4.79 Å². The molecule has 0 atom stereocenters. The Morgan fingerprint density at radius 3 is 2.93 bits per heavy atom. The highest BCUT2D eigenvalue weighted by Crippen LogP contribution is 2.19. The lowest BCUT2D eigenvalue weighted by atomic mass is 10.2. The molecule has 3 nitrogen and oxygen atoms in total. The molecule has 1 N–H and O–H groups in total. The number of nitrogens with one attached hydrogen (secondary N) is 1. The number of rotatable bonds is 3. The lowest BCUT2D eigenvalue weighted by molar-refractivity contribution is -0.116. The third-order valence-electron chi connectivity index (χ3n) is 1.85. The number of carbonyl (C=O) groups is 1. The summed E-state index contributed by atoms with van der Waals surface area (Å²) in [5, 5.41) is 11.8. The maximum Gasteiger partial charge on any atom is 0.224 e. The normalized spacial score (nSPS) is 9.40. The summed E-state index contributed by atoms with van der Waals surface area (Å²) in [6.45, 7) is 1.93.